The van der Waals surface area contributed by atoms with Crippen molar-refractivity contribution in [2.24, 2.45) is 0 Å². The highest BCUT2D eigenvalue weighted by Gasteiger charge is 2.06. The minimum atomic E-state index is 0.129. The summed E-state index contributed by atoms with van der Waals surface area (Å²) < 4.78 is 4.82. The Bertz CT molecular complexity index is 323. The molecule has 0 aliphatic rings. The van der Waals surface area contributed by atoms with E-state index in [2.05, 4.69) is 5.32 Å². The van der Waals surface area contributed by atoms with Crippen molar-refractivity contribution in [1.29, 1.82) is 5.41 Å². The van der Waals surface area contributed by atoms with E-state index in [-0.39, 0.29) is 5.90 Å². The molecular weight excluding hydrogens is 166 g/mol. The number of hydrogen-bond donors (Lipinski definition) is 3. The van der Waals surface area contributed by atoms with Gasteiger partial charge in [0.2, 0.25) is 5.90 Å². The zero-order valence-corrected chi connectivity index (χ0v) is 7.72. The molecular formula is C9H13N3O. The van der Waals surface area contributed by atoms with Gasteiger partial charge >= 0.3 is 0 Å². The highest BCUT2D eigenvalue weighted by atomic mass is 16.5. The van der Waals surface area contributed by atoms with E-state index in [4.69, 9.17) is 15.9 Å². The van der Waals surface area contributed by atoms with E-state index in [1.54, 1.807) is 25.2 Å². The number of ether oxygens (including phenoxy) is 1. The molecule has 0 saturated heterocycles. The Morgan fingerprint density at radius 3 is 2.77 bits per heavy atom. The Morgan fingerprint density at radius 2 is 2.23 bits per heavy atom. The largest absolute Gasteiger partial charge is 0.481 e. The lowest BCUT2D eigenvalue weighted by Crippen LogP contribution is -2.06. The van der Waals surface area contributed by atoms with Crippen LogP contribution in [0.1, 0.15) is 5.56 Å². The van der Waals surface area contributed by atoms with E-state index in [1.165, 1.54) is 7.11 Å². The third-order valence-corrected chi connectivity index (χ3v) is 1.76. The number of hydrogen-bond acceptors (Lipinski definition) is 4. The number of nitrogens with one attached hydrogen (secondary N) is 2. The average molecular weight is 179 g/mol. The van der Waals surface area contributed by atoms with Crippen molar-refractivity contribution in [3.05, 3.63) is 23.8 Å². The molecule has 1 aromatic carbocycles. The van der Waals surface area contributed by atoms with E-state index in [1.807, 2.05) is 0 Å². The molecule has 4 heteroatoms. The second-order valence-electron chi connectivity index (χ2n) is 2.59. The number of anilines is 2. The summed E-state index contributed by atoms with van der Waals surface area (Å²) in [5, 5.41) is 10.4. The maximum absolute atomic E-state index is 7.49. The SMILES string of the molecule is CNc1cc(N)ccc1C(=N)OC. The predicted molar refractivity (Wildman–Crippen MR) is 54.2 cm³/mol. The molecule has 70 valence electrons. The normalized spacial score (nSPS) is 9.38. The number of nitrogen functional groups attached to an aromatic ring is 1. The Kier molecular flexibility index (Phi) is 2.74. The van der Waals surface area contributed by atoms with Crippen LogP contribution in [0.4, 0.5) is 11.4 Å². The van der Waals surface area contributed by atoms with E-state index >= 15 is 0 Å². The monoisotopic (exact) mass is 179 g/mol. The lowest BCUT2D eigenvalue weighted by Gasteiger charge is -2.09. The van der Waals surface area contributed by atoms with E-state index in [9.17, 15) is 0 Å². The predicted octanol–water partition coefficient (Wildman–Crippen LogP) is 1.28. The first-order valence-corrected chi connectivity index (χ1v) is 3.89. The molecule has 0 aliphatic heterocycles. The molecule has 0 bridgehead atoms. The summed E-state index contributed by atoms with van der Waals surface area (Å²) in [7, 11) is 3.25. The number of rotatable bonds is 2. The fourth-order valence-corrected chi connectivity index (χ4v) is 1.08. The summed E-state index contributed by atoms with van der Waals surface area (Å²) in [6.07, 6.45) is 0. The lowest BCUT2D eigenvalue weighted by atomic mass is 10.1. The smallest absolute Gasteiger partial charge is 0.215 e. The Balaban J connectivity index is 3.13. The van der Waals surface area contributed by atoms with Crippen molar-refractivity contribution < 1.29 is 4.74 Å². The molecule has 0 fully saturated rings. The van der Waals surface area contributed by atoms with Crippen molar-refractivity contribution >= 4 is 17.3 Å². The van der Waals surface area contributed by atoms with Crippen LogP contribution in [0, 0.1) is 5.41 Å². The van der Waals surface area contributed by atoms with E-state index in [0.717, 1.165) is 5.69 Å². The van der Waals surface area contributed by atoms with Gasteiger partial charge in [-0.3, -0.25) is 5.41 Å². The molecule has 0 atom stereocenters. The third kappa shape index (κ3) is 1.90. The van der Waals surface area contributed by atoms with Crippen molar-refractivity contribution in [2.75, 3.05) is 25.2 Å². The van der Waals surface area contributed by atoms with Crippen LogP contribution in [0.15, 0.2) is 18.2 Å². The van der Waals surface area contributed by atoms with Crippen LogP contribution in [0.25, 0.3) is 0 Å². The van der Waals surface area contributed by atoms with Crippen molar-refractivity contribution in [3.8, 4) is 0 Å². The Hall–Kier alpha value is -1.71. The number of nitrogens with two attached hydrogens (primary N) is 1. The van der Waals surface area contributed by atoms with Gasteiger partial charge in [-0.2, -0.15) is 0 Å². The zero-order chi connectivity index (χ0) is 9.84. The molecule has 0 heterocycles. The summed E-state index contributed by atoms with van der Waals surface area (Å²) in [6, 6.07) is 5.26. The van der Waals surface area contributed by atoms with Gasteiger partial charge in [0, 0.05) is 18.4 Å². The molecule has 1 rings (SSSR count). The average Bonchev–Trinajstić information content (AvgIpc) is 2.16. The van der Waals surface area contributed by atoms with Gasteiger partial charge in [-0.25, -0.2) is 0 Å². The van der Waals surface area contributed by atoms with Crippen LogP contribution >= 0.6 is 0 Å². The second-order valence-corrected chi connectivity index (χ2v) is 2.59. The van der Waals surface area contributed by atoms with Crippen LogP contribution < -0.4 is 11.1 Å². The van der Waals surface area contributed by atoms with Gasteiger partial charge < -0.3 is 15.8 Å². The first kappa shape index (κ1) is 9.38. The summed E-state index contributed by atoms with van der Waals surface area (Å²) in [5.74, 6) is 0.129. The maximum Gasteiger partial charge on any atom is 0.215 e. The van der Waals surface area contributed by atoms with Crippen molar-refractivity contribution in [2.45, 2.75) is 0 Å². The standard InChI is InChI=1S/C9H13N3O/c1-12-8-5-6(10)3-4-7(8)9(11)13-2/h3-5,11-12H,10H2,1-2H3. The van der Waals surface area contributed by atoms with Crippen LogP contribution in [-0.4, -0.2) is 20.1 Å². The number of methoxy groups -OCH3 is 1. The van der Waals surface area contributed by atoms with Crippen LogP contribution in [-0.2, 0) is 4.74 Å². The van der Waals surface area contributed by atoms with Crippen molar-refractivity contribution in [1.82, 2.24) is 0 Å². The molecule has 0 aliphatic carbocycles. The molecule has 4 N–H and O–H groups in total. The molecule has 4 nitrogen and oxygen atoms in total. The van der Waals surface area contributed by atoms with Crippen LogP contribution in [0.2, 0.25) is 0 Å². The van der Waals surface area contributed by atoms with Crippen LogP contribution in [0.5, 0.6) is 0 Å². The van der Waals surface area contributed by atoms with Gasteiger partial charge in [0.15, 0.2) is 0 Å². The molecule has 0 amide bonds. The Labute approximate surface area is 77.2 Å². The zero-order valence-electron chi connectivity index (χ0n) is 7.72. The number of benzene rings is 1. The highest BCUT2D eigenvalue weighted by molar-refractivity contribution is 5.98. The molecule has 0 radical (unpaired) electrons. The van der Waals surface area contributed by atoms with Gasteiger partial charge in [-0.1, -0.05) is 0 Å². The third-order valence-electron chi connectivity index (χ3n) is 1.76. The first-order valence-electron chi connectivity index (χ1n) is 3.89. The second kappa shape index (κ2) is 3.80. The summed E-state index contributed by atoms with van der Waals surface area (Å²) in [6.45, 7) is 0. The summed E-state index contributed by atoms with van der Waals surface area (Å²) in [4.78, 5) is 0. The highest BCUT2D eigenvalue weighted by Crippen LogP contribution is 2.19. The Morgan fingerprint density at radius 1 is 1.54 bits per heavy atom. The fourth-order valence-electron chi connectivity index (χ4n) is 1.08. The molecule has 0 saturated carbocycles. The fraction of sp³-hybridized carbons (Fsp3) is 0.222. The minimum absolute atomic E-state index is 0.129. The summed E-state index contributed by atoms with van der Waals surface area (Å²) >= 11 is 0. The van der Waals surface area contributed by atoms with Crippen LogP contribution in [0.3, 0.4) is 0 Å². The molecule has 1 aromatic rings. The molecule has 0 unspecified atom stereocenters. The molecule has 0 spiro atoms. The summed E-state index contributed by atoms with van der Waals surface area (Å²) in [5.41, 5.74) is 7.76. The molecule has 0 aromatic heterocycles. The maximum atomic E-state index is 7.49. The topological polar surface area (TPSA) is 71.1 Å². The quantitative estimate of drug-likeness (QED) is 0.364. The lowest BCUT2D eigenvalue weighted by molar-refractivity contribution is 0.401. The van der Waals surface area contributed by atoms with Crippen molar-refractivity contribution in [3.63, 3.8) is 0 Å². The van der Waals surface area contributed by atoms with Gasteiger partial charge in [0.05, 0.1) is 12.7 Å². The van der Waals surface area contributed by atoms with Gasteiger partial charge in [0.25, 0.3) is 0 Å². The van der Waals surface area contributed by atoms with Gasteiger partial charge in [-0.05, 0) is 18.2 Å². The van der Waals surface area contributed by atoms with Gasteiger partial charge in [0.1, 0.15) is 0 Å². The molecule has 13 heavy (non-hydrogen) atoms. The first-order chi connectivity index (χ1) is 6.19. The van der Waals surface area contributed by atoms with Gasteiger partial charge in [-0.15, -0.1) is 0 Å². The van der Waals surface area contributed by atoms with E-state index < -0.39 is 0 Å². The van der Waals surface area contributed by atoms with E-state index in [0.29, 0.717) is 11.3 Å². The minimum Gasteiger partial charge on any atom is -0.481 e.